The Morgan fingerprint density at radius 2 is 1.76 bits per heavy atom. The lowest BCUT2D eigenvalue weighted by molar-refractivity contribution is 0.181. The van der Waals surface area contributed by atoms with Crippen LogP contribution in [0.3, 0.4) is 0 Å². The van der Waals surface area contributed by atoms with Crippen LogP contribution in [0.15, 0.2) is 24.3 Å². The van der Waals surface area contributed by atoms with E-state index >= 15 is 0 Å². The van der Waals surface area contributed by atoms with Gasteiger partial charge in [-0.1, -0.05) is 32.0 Å². The fourth-order valence-corrected chi connectivity index (χ4v) is 1.62. The second-order valence-electron chi connectivity index (χ2n) is 5.76. The normalized spacial score (nSPS) is 12.8. The molecule has 17 heavy (non-hydrogen) atoms. The van der Waals surface area contributed by atoms with Crippen LogP contribution in [0.25, 0.3) is 0 Å². The van der Waals surface area contributed by atoms with E-state index in [2.05, 4.69) is 5.32 Å². The van der Waals surface area contributed by atoms with Gasteiger partial charge >= 0.3 is 0 Å². The van der Waals surface area contributed by atoms with Crippen LogP contribution >= 0.6 is 0 Å². The van der Waals surface area contributed by atoms with Crippen LogP contribution < -0.4 is 5.32 Å². The second-order valence-corrected chi connectivity index (χ2v) is 5.76. The van der Waals surface area contributed by atoms with Crippen molar-refractivity contribution < 1.29 is 9.50 Å². The van der Waals surface area contributed by atoms with Crippen molar-refractivity contribution in [2.24, 2.45) is 0 Å². The molecule has 0 atom stereocenters. The lowest BCUT2D eigenvalue weighted by Gasteiger charge is -2.32. The third-order valence-corrected chi connectivity index (χ3v) is 3.01. The van der Waals surface area contributed by atoms with Crippen molar-refractivity contribution in [3.8, 4) is 0 Å². The fourth-order valence-electron chi connectivity index (χ4n) is 1.62. The standard InChI is InChI=1S/C14H22FNO/c1-13(2,9-16-14(3,4)10-17)11-7-5-6-8-12(11)15/h5-8,16-17H,9-10H2,1-4H3. The molecule has 3 heteroatoms. The second kappa shape index (κ2) is 5.15. The Labute approximate surface area is 103 Å². The summed E-state index contributed by atoms with van der Waals surface area (Å²) in [5.74, 6) is -0.180. The van der Waals surface area contributed by atoms with Gasteiger partial charge in [0.2, 0.25) is 0 Å². The van der Waals surface area contributed by atoms with Crippen molar-refractivity contribution in [2.45, 2.75) is 38.6 Å². The van der Waals surface area contributed by atoms with E-state index < -0.39 is 0 Å². The molecule has 1 rings (SSSR count). The summed E-state index contributed by atoms with van der Waals surface area (Å²) in [7, 11) is 0. The van der Waals surface area contributed by atoms with E-state index in [1.807, 2.05) is 39.8 Å². The molecule has 0 aliphatic carbocycles. The van der Waals surface area contributed by atoms with Crippen molar-refractivity contribution in [1.82, 2.24) is 5.32 Å². The topological polar surface area (TPSA) is 32.3 Å². The monoisotopic (exact) mass is 239 g/mol. The molecular formula is C14H22FNO. The van der Waals surface area contributed by atoms with Gasteiger partial charge < -0.3 is 10.4 Å². The first-order valence-corrected chi connectivity index (χ1v) is 5.89. The van der Waals surface area contributed by atoms with Crippen molar-refractivity contribution in [2.75, 3.05) is 13.2 Å². The summed E-state index contributed by atoms with van der Waals surface area (Å²) < 4.78 is 13.7. The van der Waals surface area contributed by atoms with Crippen LogP contribution in [0.4, 0.5) is 4.39 Å². The predicted octanol–water partition coefficient (Wildman–Crippen LogP) is 2.46. The van der Waals surface area contributed by atoms with Gasteiger partial charge in [0.15, 0.2) is 0 Å². The molecule has 0 amide bonds. The Bertz CT molecular complexity index is 374. The lowest BCUT2D eigenvalue weighted by atomic mass is 9.83. The van der Waals surface area contributed by atoms with E-state index in [0.717, 1.165) is 0 Å². The molecule has 1 aromatic rings. The van der Waals surface area contributed by atoms with E-state index in [4.69, 9.17) is 0 Å². The summed E-state index contributed by atoms with van der Waals surface area (Å²) in [4.78, 5) is 0. The van der Waals surface area contributed by atoms with Gasteiger partial charge in [0.25, 0.3) is 0 Å². The minimum absolute atomic E-state index is 0.0559. The van der Waals surface area contributed by atoms with E-state index in [1.165, 1.54) is 6.07 Å². The zero-order valence-corrected chi connectivity index (χ0v) is 11.0. The SMILES string of the molecule is CC(C)(CO)NCC(C)(C)c1ccccc1F. The maximum absolute atomic E-state index is 13.7. The molecule has 0 radical (unpaired) electrons. The van der Waals surface area contributed by atoms with Gasteiger partial charge in [0, 0.05) is 17.5 Å². The van der Waals surface area contributed by atoms with Gasteiger partial charge in [-0.05, 0) is 25.5 Å². The number of rotatable bonds is 5. The molecule has 0 bridgehead atoms. The summed E-state index contributed by atoms with van der Waals surface area (Å²) in [6.07, 6.45) is 0. The zero-order valence-electron chi connectivity index (χ0n) is 11.0. The van der Waals surface area contributed by atoms with Crippen LogP contribution in [0.5, 0.6) is 0 Å². The number of nitrogens with one attached hydrogen (secondary N) is 1. The van der Waals surface area contributed by atoms with Crippen molar-refractivity contribution in [1.29, 1.82) is 0 Å². The van der Waals surface area contributed by atoms with E-state index in [1.54, 1.807) is 6.07 Å². The van der Waals surface area contributed by atoms with E-state index in [9.17, 15) is 9.50 Å². The molecule has 0 unspecified atom stereocenters. The highest BCUT2D eigenvalue weighted by atomic mass is 19.1. The number of benzene rings is 1. The predicted molar refractivity (Wildman–Crippen MR) is 68.6 cm³/mol. The van der Waals surface area contributed by atoms with Crippen LogP contribution in [0.2, 0.25) is 0 Å². The highest BCUT2D eigenvalue weighted by Gasteiger charge is 2.26. The zero-order chi connectivity index (χ0) is 13.1. The molecule has 96 valence electrons. The van der Waals surface area contributed by atoms with Crippen molar-refractivity contribution in [3.63, 3.8) is 0 Å². The molecule has 2 N–H and O–H groups in total. The molecule has 1 aromatic carbocycles. The highest BCUT2D eigenvalue weighted by Crippen LogP contribution is 2.25. The molecular weight excluding hydrogens is 217 g/mol. The van der Waals surface area contributed by atoms with Gasteiger partial charge in [0.05, 0.1) is 6.61 Å². The first kappa shape index (κ1) is 14.1. The summed E-state index contributed by atoms with van der Waals surface area (Å²) >= 11 is 0. The maximum Gasteiger partial charge on any atom is 0.126 e. The van der Waals surface area contributed by atoms with Gasteiger partial charge in [0.1, 0.15) is 5.82 Å². The summed E-state index contributed by atoms with van der Waals surface area (Å²) in [5.41, 5.74) is 0.0431. The minimum atomic E-state index is -0.345. The summed E-state index contributed by atoms with van der Waals surface area (Å²) in [5, 5.41) is 12.4. The average Bonchev–Trinajstić information content (AvgIpc) is 2.27. The average molecular weight is 239 g/mol. The van der Waals surface area contributed by atoms with Gasteiger partial charge in [-0.2, -0.15) is 0 Å². The Hall–Kier alpha value is -0.930. The van der Waals surface area contributed by atoms with Crippen molar-refractivity contribution in [3.05, 3.63) is 35.6 Å². The van der Waals surface area contributed by atoms with Crippen molar-refractivity contribution >= 4 is 0 Å². The first-order chi connectivity index (χ1) is 7.78. The fraction of sp³-hybridized carbons (Fsp3) is 0.571. The van der Waals surface area contributed by atoms with E-state index in [-0.39, 0.29) is 23.4 Å². The number of hydrogen-bond acceptors (Lipinski definition) is 2. The molecule has 0 fully saturated rings. The van der Waals surface area contributed by atoms with Crippen LogP contribution in [0, 0.1) is 5.82 Å². The molecule has 0 aliphatic rings. The Kier molecular flexibility index (Phi) is 4.28. The number of aliphatic hydroxyl groups excluding tert-OH is 1. The number of halogens is 1. The van der Waals surface area contributed by atoms with Gasteiger partial charge in [-0.25, -0.2) is 4.39 Å². The third-order valence-electron chi connectivity index (χ3n) is 3.01. The largest absolute Gasteiger partial charge is 0.394 e. The summed E-state index contributed by atoms with van der Waals surface area (Å²) in [6, 6.07) is 6.83. The third kappa shape index (κ3) is 3.79. The molecule has 0 aliphatic heterocycles. The molecule has 0 spiro atoms. The molecule has 0 saturated heterocycles. The Morgan fingerprint density at radius 3 is 2.29 bits per heavy atom. The molecule has 0 aromatic heterocycles. The quantitative estimate of drug-likeness (QED) is 0.827. The summed E-state index contributed by atoms with van der Waals surface area (Å²) in [6.45, 7) is 8.49. The molecule has 2 nitrogen and oxygen atoms in total. The number of hydrogen-bond donors (Lipinski definition) is 2. The Morgan fingerprint density at radius 1 is 1.18 bits per heavy atom. The lowest BCUT2D eigenvalue weighted by Crippen LogP contribution is -2.48. The number of aliphatic hydroxyl groups is 1. The minimum Gasteiger partial charge on any atom is -0.394 e. The van der Waals surface area contributed by atoms with Gasteiger partial charge in [-0.3, -0.25) is 0 Å². The first-order valence-electron chi connectivity index (χ1n) is 5.89. The van der Waals surface area contributed by atoms with Crippen LogP contribution in [0.1, 0.15) is 33.3 Å². The van der Waals surface area contributed by atoms with E-state index in [0.29, 0.717) is 12.1 Å². The smallest absolute Gasteiger partial charge is 0.126 e. The Balaban J connectivity index is 2.79. The molecule has 0 saturated carbocycles. The maximum atomic E-state index is 13.7. The van der Waals surface area contributed by atoms with Crippen LogP contribution in [-0.2, 0) is 5.41 Å². The van der Waals surface area contributed by atoms with Gasteiger partial charge in [-0.15, -0.1) is 0 Å². The van der Waals surface area contributed by atoms with Crippen LogP contribution in [-0.4, -0.2) is 23.8 Å². The molecule has 0 heterocycles. The highest BCUT2D eigenvalue weighted by molar-refractivity contribution is 5.26.